The van der Waals surface area contributed by atoms with Crippen molar-refractivity contribution in [3.63, 3.8) is 0 Å². The summed E-state index contributed by atoms with van der Waals surface area (Å²) in [7, 11) is 0. The average Bonchev–Trinajstić information content (AvgIpc) is 2.38. The van der Waals surface area contributed by atoms with Crippen molar-refractivity contribution in [3.05, 3.63) is 36.1 Å². The summed E-state index contributed by atoms with van der Waals surface area (Å²) in [6.45, 7) is 7.00. The molecule has 1 unspecified atom stereocenters. The molecule has 104 valence electrons. The number of piperazine rings is 1. The van der Waals surface area contributed by atoms with Gasteiger partial charge in [0.1, 0.15) is 17.4 Å². The van der Waals surface area contributed by atoms with E-state index in [9.17, 15) is 13.6 Å². The molecule has 1 saturated heterocycles. The van der Waals surface area contributed by atoms with Gasteiger partial charge >= 0.3 is 0 Å². The van der Waals surface area contributed by atoms with E-state index in [1.807, 2.05) is 0 Å². The van der Waals surface area contributed by atoms with Crippen LogP contribution in [0.15, 0.2) is 36.1 Å². The molecule has 0 radical (unpaired) electrons. The number of amides is 1. The SMILES string of the molecule is C=CC1C=C(F)C(N2CCN(C(C)=O)CC2)=C(F)C1. The second-order valence-corrected chi connectivity index (χ2v) is 4.86. The van der Waals surface area contributed by atoms with Crippen LogP contribution in [-0.2, 0) is 4.79 Å². The van der Waals surface area contributed by atoms with Crippen LogP contribution in [0, 0.1) is 5.92 Å². The van der Waals surface area contributed by atoms with Crippen molar-refractivity contribution >= 4 is 5.91 Å². The first-order chi connectivity index (χ1) is 9.02. The number of carbonyl (C=O) groups is 1. The average molecular weight is 268 g/mol. The summed E-state index contributed by atoms with van der Waals surface area (Å²) < 4.78 is 28.0. The van der Waals surface area contributed by atoms with Gasteiger partial charge in [0.05, 0.1) is 0 Å². The third-order valence-electron chi connectivity index (χ3n) is 3.60. The standard InChI is InChI=1S/C14H18F2N2O/c1-3-11-8-12(15)14(13(16)9-11)18-6-4-17(5-7-18)10(2)19/h3,8,11H,1,4-7,9H2,2H3. The zero-order chi connectivity index (χ0) is 14.0. The number of hydrogen-bond acceptors (Lipinski definition) is 2. The van der Waals surface area contributed by atoms with Crippen LogP contribution in [-0.4, -0.2) is 41.9 Å². The Hall–Kier alpha value is -1.65. The summed E-state index contributed by atoms with van der Waals surface area (Å²) >= 11 is 0. The second kappa shape index (κ2) is 5.55. The summed E-state index contributed by atoms with van der Waals surface area (Å²) in [6, 6.07) is 0. The van der Waals surface area contributed by atoms with E-state index in [2.05, 4.69) is 6.58 Å². The van der Waals surface area contributed by atoms with Gasteiger partial charge in [0, 0.05) is 45.4 Å². The zero-order valence-electron chi connectivity index (χ0n) is 11.0. The normalized spacial score (nSPS) is 24.4. The van der Waals surface area contributed by atoms with Gasteiger partial charge in [0.25, 0.3) is 0 Å². The highest BCUT2D eigenvalue weighted by atomic mass is 19.1. The lowest BCUT2D eigenvalue weighted by Gasteiger charge is -2.37. The van der Waals surface area contributed by atoms with E-state index in [0.29, 0.717) is 26.2 Å². The van der Waals surface area contributed by atoms with Crippen molar-refractivity contribution in [2.45, 2.75) is 13.3 Å². The maximum absolute atomic E-state index is 14.0. The molecule has 0 aromatic heterocycles. The Balaban J connectivity index is 2.09. The smallest absolute Gasteiger partial charge is 0.219 e. The molecular formula is C14H18F2N2O. The van der Waals surface area contributed by atoms with Gasteiger partial charge in [0.2, 0.25) is 5.91 Å². The van der Waals surface area contributed by atoms with Crippen LogP contribution in [0.2, 0.25) is 0 Å². The molecule has 2 rings (SSSR count). The fraction of sp³-hybridized carbons (Fsp3) is 0.500. The fourth-order valence-electron chi connectivity index (χ4n) is 2.48. The Morgan fingerprint density at radius 1 is 1.37 bits per heavy atom. The number of carbonyl (C=O) groups excluding carboxylic acids is 1. The van der Waals surface area contributed by atoms with Crippen molar-refractivity contribution in [1.29, 1.82) is 0 Å². The molecule has 0 spiro atoms. The predicted molar refractivity (Wildman–Crippen MR) is 69.5 cm³/mol. The molecule has 0 aromatic rings. The van der Waals surface area contributed by atoms with E-state index >= 15 is 0 Å². The first-order valence-corrected chi connectivity index (χ1v) is 6.42. The van der Waals surface area contributed by atoms with Gasteiger partial charge in [-0.3, -0.25) is 4.79 Å². The van der Waals surface area contributed by atoms with Gasteiger partial charge in [-0.1, -0.05) is 6.08 Å². The monoisotopic (exact) mass is 268 g/mol. The number of allylic oxidation sites excluding steroid dienone is 4. The summed E-state index contributed by atoms with van der Waals surface area (Å²) in [5, 5.41) is 0. The molecule has 0 N–H and O–H groups in total. The summed E-state index contributed by atoms with van der Waals surface area (Å²) in [6.07, 6.45) is 3.12. The highest BCUT2D eigenvalue weighted by Gasteiger charge is 2.28. The van der Waals surface area contributed by atoms with Gasteiger partial charge in [-0.2, -0.15) is 0 Å². The minimum atomic E-state index is -0.523. The molecule has 1 heterocycles. The van der Waals surface area contributed by atoms with Crippen molar-refractivity contribution < 1.29 is 13.6 Å². The van der Waals surface area contributed by atoms with Crippen molar-refractivity contribution in [2.75, 3.05) is 26.2 Å². The van der Waals surface area contributed by atoms with E-state index in [1.165, 1.54) is 13.0 Å². The third-order valence-corrected chi connectivity index (χ3v) is 3.60. The predicted octanol–water partition coefficient (Wildman–Crippen LogP) is 2.39. The van der Waals surface area contributed by atoms with Crippen molar-refractivity contribution in [2.24, 2.45) is 5.92 Å². The zero-order valence-corrected chi connectivity index (χ0v) is 11.0. The second-order valence-electron chi connectivity index (χ2n) is 4.86. The molecule has 3 nitrogen and oxygen atoms in total. The summed E-state index contributed by atoms with van der Waals surface area (Å²) in [4.78, 5) is 14.6. The number of hydrogen-bond donors (Lipinski definition) is 0. The lowest BCUT2D eigenvalue weighted by molar-refractivity contribution is -0.130. The van der Waals surface area contributed by atoms with Gasteiger partial charge in [-0.25, -0.2) is 8.78 Å². The van der Waals surface area contributed by atoms with E-state index < -0.39 is 11.7 Å². The van der Waals surface area contributed by atoms with Gasteiger partial charge in [-0.15, -0.1) is 6.58 Å². The van der Waals surface area contributed by atoms with Crippen LogP contribution in [0.25, 0.3) is 0 Å². The van der Waals surface area contributed by atoms with E-state index in [0.717, 1.165) is 0 Å². The van der Waals surface area contributed by atoms with Crippen LogP contribution in [0.4, 0.5) is 8.78 Å². The molecular weight excluding hydrogens is 250 g/mol. The molecule has 1 amide bonds. The third kappa shape index (κ3) is 2.85. The Morgan fingerprint density at radius 3 is 2.47 bits per heavy atom. The molecule has 1 aliphatic carbocycles. The molecule has 2 aliphatic rings. The first kappa shape index (κ1) is 13.8. The Kier molecular flexibility index (Phi) is 4.02. The lowest BCUT2D eigenvalue weighted by Crippen LogP contribution is -2.48. The number of nitrogens with zero attached hydrogens (tertiary/aromatic N) is 2. The Morgan fingerprint density at radius 2 is 2.00 bits per heavy atom. The summed E-state index contributed by atoms with van der Waals surface area (Å²) in [5.74, 6) is -1.23. The topological polar surface area (TPSA) is 23.6 Å². The van der Waals surface area contributed by atoms with Crippen LogP contribution in [0.3, 0.4) is 0 Å². The minimum Gasteiger partial charge on any atom is -0.364 e. The van der Waals surface area contributed by atoms with Crippen LogP contribution >= 0.6 is 0 Å². The first-order valence-electron chi connectivity index (χ1n) is 6.42. The Labute approximate surface area is 111 Å². The quantitative estimate of drug-likeness (QED) is 0.718. The van der Waals surface area contributed by atoms with Gasteiger partial charge < -0.3 is 9.80 Å². The highest BCUT2D eigenvalue weighted by molar-refractivity contribution is 5.73. The van der Waals surface area contributed by atoms with E-state index in [-0.39, 0.29) is 23.9 Å². The lowest BCUT2D eigenvalue weighted by atomic mass is 9.97. The Bertz CT molecular complexity index is 448. The van der Waals surface area contributed by atoms with Crippen LogP contribution in [0.1, 0.15) is 13.3 Å². The highest BCUT2D eigenvalue weighted by Crippen LogP contribution is 2.33. The molecule has 1 atom stereocenters. The van der Waals surface area contributed by atoms with Crippen LogP contribution < -0.4 is 0 Å². The molecule has 0 aromatic carbocycles. The van der Waals surface area contributed by atoms with Gasteiger partial charge in [0.15, 0.2) is 0 Å². The number of halogens is 2. The van der Waals surface area contributed by atoms with Crippen LogP contribution in [0.5, 0.6) is 0 Å². The maximum atomic E-state index is 14.0. The van der Waals surface area contributed by atoms with Crippen molar-refractivity contribution in [1.82, 2.24) is 9.80 Å². The molecule has 1 aliphatic heterocycles. The largest absolute Gasteiger partial charge is 0.364 e. The summed E-state index contributed by atoms with van der Waals surface area (Å²) in [5.41, 5.74) is 0.0568. The minimum absolute atomic E-state index is 0.000445. The molecule has 0 saturated carbocycles. The van der Waals surface area contributed by atoms with E-state index in [4.69, 9.17) is 0 Å². The van der Waals surface area contributed by atoms with Gasteiger partial charge in [-0.05, 0) is 6.08 Å². The molecule has 5 heteroatoms. The maximum Gasteiger partial charge on any atom is 0.219 e. The van der Waals surface area contributed by atoms with E-state index in [1.54, 1.807) is 15.9 Å². The molecule has 19 heavy (non-hydrogen) atoms. The fourth-order valence-corrected chi connectivity index (χ4v) is 2.48. The molecule has 1 fully saturated rings. The molecule has 0 bridgehead atoms. The van der Waals surface area contributed by atoms with Crippen molar-refractivity contribution in [3.8, 4) is 0 Å². The number of rotatable bonds is 2.